The van der Waals surface area contributed by atoms with Crippen molar-refractivity contribution in [2.45, 2.75) is 45.3 Å². The molecule has 0 atom stereocenters. The number of nitrogens with one attached hydrogen (secondary N) is 1. The monoisotopic (exact) mass is 443 g/mol. The number of amides is 1. The molecule has 2 aromatic heterocycles. The van der Waals surface area contributed by atoms with E-state index in [2.05, 4.69) is 4.98 Å². The predicted molar refractivity (Wildman–Crippen MR) is 118 cm³/mol. The summed E-state index contributed by atoms with van der Waals surface area (Å²) in [5.41, 5.74) is 0.430. The number of carbonyl (C=O) groups excluding carboxylic acids is 1. The molecule has 1 saturated carbocycles. The standard InChI is InChI=1S/C22H26FN5O4/c1-22(2,3)32-21(31)26-8-6-25(7-9-26)15-11-17-16(10-14(15)23)28-19(27(17)13-4-5-13)12-18(29)24-20(28)30/h10-13H,4-9H2,1-3H3,(H,24,29,30). The lowest BCUT2D eigenvalue weighted by Crippen LogP contribution is -2.50. The van der Waals surface area contributed by atoms with E-state index in [0.29, 0.717) is 43.0 Å². The Labute approximate surface area is 183 Å². The zero-order valence-electron chi connectivity index (χ0n) is 18.4. The summed E-state index contributed by atoms with van der Waals surface area (Å²) in [5, 5.41) is 0. The average molecular weight is 443 g/mol. The van der Waals surface area contributed by atoms with Gasteiger partial charge in [0.25, 0.3) is 5.56 Å². The number of H-pyrrole nitrogens is 1. The fourth-order valence-electron chi connectivity index (χ4n) is 4.34. The van der Waals surface area contributed by atoms with E-state index in [1.54, 1.807) is 11.0 Å². The first-order chi connectivity index (χ1) is 15.1. The first kappa shape index (κ1) is 20.6. The van der Waals surface area contributed by atoms with Gasteiger partial charge >= 0.3 is 11.8 Å². The minimum atomic E-state index is -0.574. The molecule has 1 N–H and O–H groups in total. The molecule has 1 amide bonds. The topological polar surface area (TPSA) is 92.1 Å². The molecule has 1 aromatic carbocycles. The molecule has 1 aliphatic carbocycles. The zero-order valence-corrected chi connectivity index (χ0v) is 18.4. The molecule has 0 radical (unpaired) electrons. The van der Waals surface area contributed by atoms with Crippen LogP contribution in [0.5, 0.6) is 0 Å². The van der Waals surface area contributed by atoms with Gasteiger partial charge in [0.1, 0.15) is 17.1 Å². The molecule has 5 rings (SSSR count). The number of ether oxygens (including phenoxy) is 1. The summed E-state index contributed by atoms with van der Waals surface area (Å²) in [5.74, 6) is -0.448. The first-order valence-corrected chi connectivity index (χ1v) is 10.8. The normalized spacial score (nSPS) is 17.4. The Morgan fingerprint density at radius 1 is 1.06 bits per heavy atom. The zero-order chi connectivity index (χ0) is 22.8. The number of aromatic amines is 1. The van der Waals surface area contributed by atoms with Crippen molar-refractivity contribution < 1.29 is 13.9 Å². The number of hydrogen-bond donors (Lipinski definition) is 1. The third kappa shape index (κ3) is 3.53. The summed E-state index contributed by atoms with van der Waals surface area (Å²) in [4.78, 5) is 42.5. The Bertz CT molecular complexity index is 1340. The van der Waals surface area contributed by atoms with Crippen molar-refractivity contribution in [2.24, 2.45) is 0 Å². The van der Waals surface area contributed by atoms with Crippen LogP contribution in [0.25, 0.3) is 16.7 Å². The van der Waals surface area contributed by atoms with Gasteiger partial charge in [-0.2, -0.15) is 0 Å². The minimum absolute atomic E-state index is 0.186. The van der Waals surface area contributed by atoms with Gasteiger partial charge in [0.05, 0.1) is 16.7 Å². The van der Waals surface area contributed by atoms with Crippen LogP contribution in [-0.4, -0.2) is 56.7 Å². The highest BCUT2D eigenvalue weighted by Gasteiger charge is 2.31. The van der Waals surface area contributed by atoms with Gasteiger partial charge in [0.2, 0.25) is 0 Å². The Morgan fingerprint density at radius 2 is 1.75 bits per heavy atom. The van der Waals surface area contributed by atoms with Crippen molar-refractivity contribution in [1.29, 1.82) is 0 Å². The van der Waals surface area contributed by atoms with E-state index in [4.69, 9.17) is 4.74 Å². The highest BCUT2D eigenvalue weighted by Crippen LogP contribution is 2.40. The minimum Gasteiger partial charge on any atom is -0.444 e. The maximum absolute atomic E-state index is 15.2. The number of hydrogen-bond acceptors (Lipinski definition) is 5. The summed E-state index contributed by atoms with van der Waals surface area (Å²) >= 11 is 0. The van der Waals surface area contributed by atoms with Gasteiger partial charge in [-0.1, -0.05) is 0 Å². The van der Waals surface area contributed by atoms with E-state index in [9.17, 15) is 14.4 Å². The van der Waals surface area contributed by atoms with E-state index < -0.39 is 22.7 Å². The van der Waals surface area contributed by atoms with Crippen molar-refractivity contribution in [3.05, 3.63) is 44.9 Å². The molecule has 1 aliphatic heterocycles. The fraction of sp³-hybridized carbons (Fsp3) is 0.500. The van der Waals surface area contributed by atoms with Gasteiger partial charge in [-0.15, -0.1) is 0 Å². The summed E-state index contributed by atoms with van der Waals surface area (Å²) in [6.07, 6.45) is 1.52. The molecule has 3 aromatic rings. The smallest absolute Gasteiger partial charge is 0.410 e. The van der Waals surface area contributed by atoms with Crippen LogP contribution in [0, 0.1) is 5.82 Å². The summed E-state index contributed by atoms with van der Waals surface area (Å²) in [7, 11) is 0. The van der Waals surface area contributed by atoms with Crippen LogP contribution in [0.2, 0.25) is 0 Å². The van der Waals surface area contributed by atoms with E-state index in [1.165, 1.54) is 16.5 Å². The lowest BCUT2D eigenvalue weighted by atomic mass is 10.2. The van der Waals surface area contributed by atoms with Crippen LogP contribution in [0.3, 0.4) is 0 Å². The van der Waals surface area contributed by atoms with Gasteiger partial charge in [-0.3, -0.25) is 9.78 Å². The highest BCUT2D eigenvalue weighted by molar-refractivity contribution is 5.85. The maximum atomic E-state index is 15.2. The second kappa shape index (κ2) is 7.11. The first-order valence-electron chi connectivity index (χ1n) is 10.8. The van der Waals surface area contributed by atoms with Crippen LogP contribution in [0.4, 0.5) is 14.9 Å². The summed E-state index contributed by atoms with van der Waals surface area (Å²) in [6.45, 7) is 7.24. The van der Waals surface area contributed by atoms with E-state index in [0.717, 1.165) is 18.4 Å². The summed E-state index contributed by atoms with van der Waals surface area (Å²) < 4.78 is 24.0. The predicted octanol–water partition coefficient (Wildman–Crippen LogP) is 2.47. The molecule has 0 unspecified atom stereocenters. The molecule has 0 bridgehead atoms. The van der Waals surface area contributed by atoms with Gasteiger partial charge in [0, 0.05) is 44.4 Å². The molecule has 0 spiro atoms. The molecule has 32 heavy (non-hydrogen) atoms. The Morgan fingerprint density at radius 3 is 2.38 bits per heavy atom. The molecular weight excluding hydrogens is 417 g/mol. The van der Waals surface area contributed by atoms with Crippen molar-refractivity contribution in [3.8, 4) is 0 Å². The fourth-order valence-corrected chi connectivity index (χ4v) is 4.34. The van der Waals surface area contributed by atoms with Crippen LogP contribution in [-0.2, 0) is 4.74 Å². The quantitative estimate of drug-likeness (QED) is 0.657. The molecule has 10 heteroatoms. The number of aromatic nitrogens is 3. The molecule has 1 saturated heterocycles. The number of nitrogens with zero attached hydrogens (tertiary/aromatic N) is 4. The number of benzene rings is 1. The molecule has 2 fully saturated rings. The van der Waals surface area contributed by atoms with Gasteiger partial charge in [-0.05, 0) is 39.7 Å². The van der Waals surface area contributed by atoms with Crippen LogP contribution in [0.1, 0.15) is 39.7 Å². The number of piperazine rings is 1. The second-order valence-corrected chi connectivity index (χ2v) is 9.48. The van der Waals surface area contributed by atoms with Crippen molar-refractivity contribution in [1.82, 2.24) is 18.9 Å². The lowest BCUT2D eigenvalue weighted by molar-refractivity contribution is 0.0240. The van der Waals surface area contributed by atoms with E-state index >= 15 is 4.39 Å². The Kier molecular flexibility index (Phi) is 4.58. The Hall–Kier alpha value is -3.30. The third-order valence-electron chi connectivity index (χ3n) is 5.90. The average Bonchev–Trinajstić information content (AvgIpc) is 3.48. The van der Waals surface area contributed by atoms with Gasteiger partial charge in [-0.25, -0.2) is 18.4 Å². The largest absolute Gasteiger partial charge is 0.444 e. The van der Waals surface area contributed by atoms with Crippen molar-refractivity contribution in [2.75, 3.05) is 31.1 Å². The van der Waals surface area contributed by atoms with Crippen LogP contribution in [0.15, 0.2) is 27.8 Å². The molecular formula is C22H26FN5O4. The van der Waals surface area contributed by atoms with Crippen molar-refractivity contribution >= 4 is 28.5 Å². The highest BCUT2D eigenvalue weighted by atomic mass is 19.1. The molecule has 170 valence electrons. The summed E-state index contributed by atoms with van der Waals surface area (Å²) in [6, 6.07) is 4.68. The number of halogens is 1. The lowest BCUT2D eigenvalue weighted by Gasteiger charge is -2.36. The van der Waals surface area contributed by atoms with Gasteiger partial charge < -0.3 is 19.1 Å². The number of anilines is 1. The van der Waals surface area contributed by atoms with Gasteiger partial charge in [0.15, 0.2) is 0 Å². The van der Waals surface area contributed by atoms with Crippen LogP contribution < -0.4 is 16.1 Å². The third-order valence-corrected chi connectivity index (χ3v) is 5.90. The molecule has 2 aliphatic rings. The number of carbonyl (C=O) groups is 1. The maximum Gasteiger partial charge on any atom is 0.410 e. The van der Waals surface area contributed by atoms with E-state index in [-0.39, 0.29) is 12.1 Å². The Balaban J connectivity index is 1.51. The van der Waals surface area contributed by atoms with Crippen LogP contribution >= 0.6 is 0 Å². The van der Waals surface area contributed by atoms with E-state index in [1.807, 2.05) is 30.2 Å². The molecule has 3 heterocycles. The van der Waals surface area contributed by atoms with Crippen molar-refractivity contribution in [3.63, 3.8) is 0 Å². The molecule has 9 nitrogen and oxygen atoms in total. The number of rotatable bonds is 2. The number of fused-ring (bicyclic) bond motifs is 3. The number of imidazole rings is 1. The SMILES string of the molecule is CC(C)(C)OC(=O)N1CCN(c2cc3c(cc2F)n2c(=O)[nH]c(=O)cc2n3C2CC2)CC1. The second-order valence-electron chi connectivity index (χ2n) is 9.48.